The summed E-state index contributed by atoms with van der Waals surface area (Å²) in [6.07, 6.45) is 3.40. The molecule has 2 aromatic heterocycles. The molecule has 0 aliphatic heterocycles. The Balaban J connectivity index is 1.72. The molecule has 0 aliphatic rings. The Kier molecular flexibility index (Phi) is 5.66. The number of furan rings is 1. The van der Waals surface area contributed by atoms with Crippen LogP contribution in [0.15, 0.2) is 83.6 Å². The van der Waals surface area contributed by atoms with Crippen LogP contribution in [0.3, 0.4) is 0 Å². The minimum atomic E-state index is -0.133. The molecule has 30 heavy (non-hydrogen) atoms. The lowest BCUT2D eigenvalue weighted by Crippen LogP contribution is -2.26. The summed E-state index contributed by atoms with van der Waals surface area (Å²) in [7, 11) is 3.37. The van der Waals surface area contributed by atoms with Gasteiger partial charge in [-0.2, -0.15) is 5.10 Å². The largest absolute Gasteiger partial charge is 0.496 e. The van der Waals surface area contributed by atoms with Gasteiger partial charge in [0, 0.05) is 18.8 Å². The second-order valence-corrected chi connectivity index (χ2v) is 7.02. The van der Waals surface area contributed by atoms with Crippen LogP contribution < -0.4 is 4.74 Å². The molecule has 0 unspecified atom stereocenters. The maximum Gasteiger partial charge on any atom is 0.257 e. The lowest BCUT2D eigenvalue weighted by atomic mass is 10.1. The molecule has 152 valence electrons. The minimum Gasteiger partial charge on any atom is -0.496 e. The van der Waals surface area contributed by atoms with Crippen LogP contribution in [0.2, 0.25) is 0 Å². The molecule has 0 spiro atoms. The molecular formula is C24H23N3O3. The van der Waals surface area contributed by atoms with Gasteiger partial charge in [0.2, 0.25) is 0 Å². The van der Waals surface area contributed by atoms with Crippen LogP contribution in [0.5, 0.6) is 5.75 Å². The number of para-hydroxylation sites is 1. The fourth-order valence-corrected chi connectivity index (χ4v) is 3.38. The van der Waals surface area contributed by atoms with E-state index < -0.39 is 0 Å². The first kappa shape index (κ1) is 19.5. The summed E-state index contributed by atoms with van der Waals surface area (Å²) in [4.78, 5) is 14.9. The standard InChI is InChI=1S/C24H23N3O3/c1-26(16-19-11-8-14-30-19)24(28)21-17-27(15-18-9-4-3-5-10-18)25-23(21)20-12-6-7-13-22(20)29-2/h3-14,17H,15-16H2,1-2H3. The summed E-state index contributed by atoms with van der Waals surface area (Å²) in [5, 5.41) is 4.75. The first-order valence-corrected chi connectivity index (χ1v) is 9.68. The van der Waals surface area contributed by atoms with Gasteiger partial charge in [-0.25, -0.2) is 0 Å². The van der Waals surface area contributed by atoms with E-state index in [0.29, 0.717) is 30.1 Å². The monoisotopic (exact) mass is 401 g/mol. The third kappa shape index (κ3) is 4.12. The summed E-state index contributed by atoms with van der Waals surface area (Å²) in [5.74, 6) is 1.26. The molecule has 2 aromatic carbocycles. The number of carbonyl (C=O) groups is 1. The number of aromatic nitrogens is 2. The molecule has 0 bridgehead atoms. The Bertz CT molecular complexity index is 1120. The van der Waals surface area contributed by atoms with E-state index in [1.54, 1.807) is 36.2 Å². The molecule has 4 aromatic rings. The first-order chi connectivity index (χ1) is 14.7. The van der Waals surface area contributed by atoms with Crippen molar-refractivity contribution in [2.45, 2.75) is 13.1 Å². The molecule has 2 heterocycles. The van der Waals surface area contributed by atoms with Gasteiger partial charge in [0.15, 0.2) is 0 Å². The number of hydrogen-bond donors (Lipinski definition) is 0. The lowest BCUT2D eigenvalue weighted by Gasteiger charge is -2.16. The highest BCUT2D eigenvalue weighted by Gasteiger charge is 2.23. The van der Waals surface area contributed by atoms with Gasteiger partial charge in [-0.15, -0.1) is 0 Å². The number of ether oxygens (including phenoxy) is 1. The summed E-state index contributed by atoms with van der Waals surface area (Å²) >= 11 is 0. The number of nitrogens with zero attached hydrogens (tertiary/aromatic N) is 3. The minimum absolute atomic E-state index is 0.133. The number of benzene rings is 2. The third-order valence-corrected chi connectivity index (χ3v) is 4.86. The smallest absolute Gasteiger partial charge is 0.257 e. The molecule has 0 radical (unpaired) electrons. The molecule has 4 rings (SSSR count). The van der Waals surface area contributed by atoms with E-state index in [-0.39, 0.29) is 5.91 Å². The average molecular weight is 401 g/mol. The predicted molar refractivity (Wildman–Crippen MR) is 114 cm³/mol. The van der Waals surface area contributed by atoms with Gasteiger partial charge in [0.25, 0.3) is 5.91 Å². The van der Waals surface area contributed by atoms with Gasteiger partial charge >= 0.3 is 0 Å². The van der Waals surface area contributed by atoms with Crippen LogP contribution >= 0.6 is 0 Å². The number of rotatable bonds is 7. The summed E-state index contributed by atoms with van der Waals surface area (Å²) in [5.41, 5.74) is 3.00. The second kappa shape index (κ2) is 8.69. The number of hydrogen-bond acceptors (Lipinski definition) is 4. The van der Waals surface area contributed by atoms with E-state index in [4.69, 9.17) is 14.3 Å². The molecule has 0 saturated carbocycles. The van der Waals surface area contributed by atoms with Crippen LogP contribution in [0, 0.1) is 0 Å². The predicted octanol–water partition coefficient (Wildman–Crippen LogP) is 4.47. The molecular weight excluding hydrogens is 378 g/mol. The van der Waals surface area contributed by atoms with Crippen molar-refractivity contribution in [1.29, 1.82) is 0 Å². The Morgan fingerprint density at radius 2 is 1.83 bits per heavy atom. The number of methoxy groups -OCH3 is 1. The molecule has 0 atom stereocenters. The summed E-state index contributed by atoms with van der Waals surface area (Å²) < 4.78 is 12.7. The van der Waals surface area contributed by atoms with E-state index in [9.17, 15) is 4.79 Å². The summed E-state index contributed by atoms with van der Waals surface area (Å²) in [6.45, 7) is 0.944. The molecule has 0 N–H and O–H groups in total. The maximum absolute atomic E-state index is 13.3. The zero-order valence-corrected chi connectivity index (χ0v) is 17.0. The molecule has 6 nitrogen and oxygen atoms in total. The van der Waals surface area contributed by atoms with Crippen LogP contribution in [-0.2, 0) is 13.1 Å². The van der Waals surface area contributed by atoms with Gasteiger partial charge < -0.3 is 14.1 Å². The fraction of sp³-hybridized carbons (Fsp3) is 0.167. The molecule has 0 saturated heterocycles. The second-order valence-electron chi connectivity index (χ2n) is 7.02. The average Bonchev–Trinajstić information content (AvgIpc) is 3.44. The summed E-state index contributed by atoms with van der Waals surface area (Å²) in [6, 6.07) is 21.3. The normalized spacial score (nSPS) is 10.7. The zero-order chi connectivity index (χ0) is 20.9. The van der Waals surface area contributed by atoms with Gasteiger partial charge in [0.1, 0.15) is 17.2 Å². The van der Waals surface area contributed by atoms with E-state index in [2.05, 4.69) is 0 Å². The van der Waals surface area contributed by atoms with Crippen molar-refractivity contribution in [3.8, 4) is 17.0 Å². The van der Waals surface area contributed by atoms with Crippen LogP contribution in [-0.4, -0.2) is 34.7 Å². The van der Waals surface area contributed by atoms with Crippen molar-refractivity contribution < 1.29 is 13.9 Å². The highest BCUT2D eigenvalue weighted by Crippen LogP contribution is 2.32. The first-order valence-electron chi connectivity index (χ1n) is 9.68. The van der Waals surface area contributed by atoms with Gasteiger partial charge in [-0.05, 0) is 29.8 Å². The molecule has 1 amide bonds. The van der Waals surface area contributed by atoms with Gasteiger partial charge in [-0.1, -0.05) is 42.5 Å². The quantitative estimate of drug-likeness (QED) is 0.458. The topological polar surface area (TPSA) is 60.5 Å². The van der Waals surface area contributed by atoms with E-state index in [1.807, 2.05) is 66.7 Å². The van der Waals surface area contributed by atoms with E-state index >= 15 is 0 Å². The van der Waals surface area contributed by atoms with Crippen molar-refractivity contribution in [2.75, 3.05) is 14.2 Å². The van der Waals surface area contributed by atoms with Gasteiger partial charge in [0.05, 0.1) is 32.0 Å². The van der Waals surface area contributed by atoms with Crippen molar-refractivity contribution in [1.82, 2.24) is 14.7 Å². The SMILES string of the molecule is COc1ccccc1-c1nn(Cc2ccccc2)cc1C(=O)N(C)Cc1ccco1. The fourth-order valence-electron chi connectivity index (χ4n) is 3.38. The Morgan fingerprint density at radius 1 is 1.07 bits per heavy atom. The van der Waals surface area contributed by atoms with Crippen molar-refractivity contribution in [3.63, 3.8) is 0 Å². The zero-order valence-electron chi connectivity index (χ0n) is 17.0. The highest BCUT2D eigenvalue weighted by molar-refractivity contribution is 6.00. The molecule has 6 heteroatoms. The maximum atomic E-state index is 13.3. The van der Waals surface area contributed by atoms with E-state index in [0.717, 1.165) is 16.9 Å². The van der Waals surface area contributed by atoms with Crippen molar-refractivity contribution >= 4 is 5.91 Å². The number of amides is 1. The highest BCUT2D eigenvalue weighted by atomic mass is 16.5. The van der Waals surface area contributed by atoms with Crippen LogP contribution in [0.1, 0.15) is 21.7 Å². The van der Waals surface area contributed by atoms with Crippen LogP contribution in [0.4, 0.5) is 0 Å². The van der Waals surface area contributed by atoms with Crippen molar-refractivity contribution in [3.05, 3.63) is 96.1 Å². The Morgan fingerprint density at radius 3 is 2.57 bits per heavy atom. The van der Waals surface area contributed by atoms with E-state index in [1.165, 1.54) is 0 Å². The van der Waals surface area contributed by atoms with Gasteiger partial charge in [-0.3, -0.25) is 9.48 Å². The lowest BCUT2D eigenvalue weighted by molar-refractivity contribution is 0.0776. The number of carbonyl (C=O) groups excluding carboxylic acids is 1. The molecule has 0 fully saturated rings. The molecule has 0 aliphatic carbocycles. The van der Waals surface area contributed by atoms with Crippen LogP contribution in [0.25, 0.3) is 11.3 Å². The Hall–Kier alpha value is -3.80. The van der Waals surface area contributed by atoms with Crippen molar-refractivity contribution in [2.24, 2.45) is 0 Å². The third-order valence-electron chi connectivity index (χ3n) is 4.86. The Labute approximate surface area is 175 Å².